The third-order valence-electron chi connectivity index (χ3n) is 3.98. The molecule has 3 rings (SSSR count). The first-order valence-electron chi connectivity index (χ1n) is 9.24. The number of carbonyl (C=O) groups is 1. The van der Waals surface area contributed by atoms with Crippen LogP contribution in [0.1, 0.15) is 15.9 Å². The lowest BCUT2D eigenvalue weighted by molar-refractivity contribution is 0.0976. The van der Waals surface area contributed by atoms with Gasteiger partial charge in [-0.25, -0.2) is 0 Å². The highest BCUT2D eigenvalue weighted by Crippen LogP contribution is 2.14. The number of thiocarbonyl (C=S) groups is 1. The third kappa shape index (κ3) is 6.93. The van der Waals surface area contributed by atoms with Crippen LogP contribution >= 0.6 is 12.2 Å². The molecule has 3 aromatic rings. The SMILES string of the molecule is O=C(NC(=S)NCc1ccccc1)c1cccc(OCCOc2ccccc2)c1. The average Bonchev–Trinajstić information content (AvgIpc) is 2.77. The number of ether oxygens (including phenoxy) is 2. The van der Waals surface area contributed by atoms with Crippen molar-refractivity contribution in [3.8, 4) is 11.5 Å². The van der Waals surface area contributed by atoms with Crippen LogP contribution in [0.15, 0.2) is 84.9 Å². The predicted octanol–water partition coefficient (Wildman–Crippen LogP) is 3.95. The predicted molar refractivity (Wildman–Crippen MR) is 117 cm³/mol. The Labute approximate surface area is 175 Å². The Morgan fingerprint density at radius 3 is 2.14 bits per heavy atom. The smallest absolute Gasteiger partial charge is 0.257 e. The van der Waals surface area contributed by atoms with Crippen molar-refractivity contribution in [2.45, 2.75) is 6.54 Å². The maximum atomic E-state index is 12.4. The Balaban J connectivity index is 1.44. The highest BCUT2D eigenvalue weighted by molar-refractivity contribution is 7.80. The molecule has 1 amide bonds. The van der Waals surface area contributed by atoms with E-state index in [1.165, 1.54) is 0 Å². The van der Waals surface area contributed by atoms with Gasteiger partial charge in [0.2, 0.25) is 0 Å². The molecule has 5 nitrogen and oxygen atoms in total. The summed E-state index contributed by atoms with van der Waals surface area (Å²) in [5, 5.41) is 5.99. The second-order valence-electron chi connectivity index (χ2n) is 6.16. The Morgan fingerprint density at radius 1 is 0.793 bits per heavy atom. The first kappa shape index (κ1) is 20.4. The van der Waals surface area contributed by atoms with E-state index in [2.05, 4.69) is 10.6 Å². The van der Waals surface area contributed by atoms with E-state index in [0.29, 0.717) is 31.1 Å². The van der Waals surface area contributed by atoms with Crippen LogP contribution in [0.4, 0.5) is 0 Å². The zero-order valence-corrected chi connectivity index (χ0v) is 16.7. The number of nitrogens with one attached hydrogen (secondary N) is 2. The molecule has 0 saturated heterocycles. The summed E-state index contributed by atoms with van der Waals surface area (Å²) in [6.45, 7) is 1.33. The number of para-hydroxylation sites is 1. The molecule has 0 aromatic heterocycles. The number of rotatable bonds is 8. The molecule has 0 fully saturated rings. The fraction of sp³-hybridized carbons (Fsp3) is 0.130. The Kier molecular flexibility index (Phi) is 7.60. The van der Waals surface area contributed by atoms with Gasteiger partial charge in [0.05, 0.1) is 0 Å². The van der Waals surface area contributed by atoms with Gasteiger partial charge in [0.15, 0.2) is 5.11 Å². The molecule has 29 heavy (non-hydrogen) atoms. The zero-order valence-electron chi connectivity index (χ0n) is 15.8. The van der Waals surface area contributed by atoms with Crippen LogP contribution in [-0.2, 0) is 6.54 Å². The molecule has 0 radical (unpaired) electrons. The lowest BCUT2D eigenvalue weighted by Crippen LogP contribution is -2.38. The van der Waals surface area contributed by atoms with E-state index in [9.17, 15) is 4.79 Å². The Bertz CT molecular complexity index is 933. The van der Waals surface area contributed by atoms with Crippen LogP contribution in [0, 0.1) is 0 Å². The van der Waals surface area contributed by atoms with Crippen molar-refractivity contribution in [3.63, 3.8) is 0 Å². The molecule has 0 atom stereocenters. The average molecular weight is 407 g/mol. The number of hydrogen-bond donors (Lipinski definition) is 2. The lowest BCUT2D eigenvalue weighted by Gasteiger charge is -2.11. The Hall–Kier alpha value is -3.38. The van der Waals surface area contributed by atoms with Crippen molar-refractivity contribution in [3.05, 3.63) is 96.1 Å². The summed E-state index contributed by atoms with van der Waals surface area (Å²) in [5.74, 6) is 1.10. The summed E-state index contributed by atoms with van der Waals surface area (Å²) < 4.78 is 11.3. The van der Waals surface area contributed by atoms with E-state index >= 15 is 0 Å². The first-order valence-corrected chi connectivity index (χ1v) is 9.65. The third-order valence-corrected chi connectivity index (χ3v) is 4.23. The van der Waals surface area contributed by atoms with Gasteiger partial charge in [-0.2, -0.15) is 0 Å². The molecular weight excluding hydrogens is 384 g/mol. The van der Waals surface area contributed by atoms with Crippen LogP contribution in [0.3, 0.4) is 0 Å². The van der Waals surface area contributed by atoms with Gasteiger partial charge in [-0.05, 0) is 48.1 Å². The highest BCUT2D eigenvalue weighted by Gasteiger charge is 2.09. The topological polar surface area (TPSA) is 59.6 Å². The number of hydrogen-bond acceptors (Lipinski definition) is 4. The molecule has 0 aliphatic rings. The van der Waals surface area contributed by atoms with E-state index in [1.807, 2.05) is 60.7 Å². The Morgan fingerprint density at radius 2 is 1.41 bits per heavy atom. The standard InChI is InChI=1S/C23H22N2O3S/c26-22(25-23(29)24-17-18-8-3-1-4-9-18)19-10-7-13-21(16-19)28-15-14-27-20-11-5-2-6-12-20/h1-13,16H,14-15,17H2,(H2,24,25,26,29). The normalized spacial score (nSPS) is 10.1. The molecule has 2 N–H and O–H groups in total. The number of amides is 1. The fourth-order valence-electron chi connectivity index (χ4n) is 2.56. The molecule has 0 bridgehead atoms. The van der Waals surface area contributed by atoms with Gasteiger partial charge in [-0.15, -0.1) is 0 Å². The van der Waals surface area contributed by atoms with Gasteiger partial charge in [0, 0.05) is 12.1 Å². The van der Waals surface area contributed by atoms with Crippen molar-refractivity contribution in [1.82, 2.24) is 10.6 Å². The van der Waals surface area contributed by atoms with Crippen LogP contribution in [-0.4, -0.2) is 24.2 Å². The number of carbonyl (C=O) groups excluding carboxylic acids is 1. The summed E-state index contributed by atoms with van der Waals surface area (Å²) in [6, 6.07) is 26.3. The first-order chi connectivity index (χ1) is 14.2. The number of benzene rings is 3. The van der Waals surface area contributed by atoms with Gasteiger partial charge in [-0.1, -0.05) is 54.6 Å². The molecule has 6 heteroatoms. The van der Waals surface area contributed by atoms with E-state index in [1.54, 1.807) is 24.3 Å². The molecule has 0 aliphatic carbocycles. The fourth-order valence-corrected chi connectivity index (χ4v) is 2.73. The van der Waals surface area contributed by atoms with E-state index < -0.39 is 0 Å². The summed E-state index contributed by atoms with van der Waals surface area (Å²) in [5.41, 5.74) is 1.55. The van der Waals surface area contributed by atoms with Crippen molar-refractivity contribution in [2.24, 2.45) is 0 Å². The van der Waals surface area contributed by atoms with Crippen molar-refractivity contribution >= 4 is 23.2 Å². The van der Waals surface area contributed by atoms with Crippen LogP contribution in [0.2, 0.25) is 0 Å². The van der Waals surface area contributed by atoms with Gasteiger partial charge in [0.1, 0.15) is 24.7 Å². The summed E-state index contributed by atoms with van der Waals surface area (Å²) in [6.07, 6.45) is 0. The molecule has 0 saturated carbocycles. The van der Waals surface area contributed by atoms with E-state index in [4.69, 9.17) is 21.7 Å². The van der Waals surface area contributed by atoms with Gasteiger partial charge >= 0.3 is 0 Å². The minimum absolute atomic E-state index is 0.279. The van der Waals surface area contributed by atoms with Crippen LogP contribution < -0.4 is 20.1 Å². The van der Waals surface area contributed by atoms with Gasteiger partial charge < -0.3 is 14.8 Å². The van der Waals surface area contributed by atoms with Crippen molar-refractivity contribution in [1.29, 1.82) is 0 Å². The molecule has 148 valence electrons. The van der Waals surface area contributed by atoms with Crippen LogP contribution in [0.25, 0.3) is 0 Å². The molecular formula is C23H22N2O3S. The summed E-state index contributed by atoms with van der Waals surface area (Å²) >= 11 is 5.20. The van der Waals surface area contributed by atoms with Crippen molar-refractivity contribution in [2.75, 3.05) is 13.2 Å². The van der Waals surface area contributed by atoms with Gasteiger partial charge in [-0.3, -0.25) is 10.1 Å². The van der Waals surface area contributed by atoms with Crippen LogP contribution in [0.5, 0.6) is 11.5 Å². The maximum Gasteiger partial charge on any atom is 0.257 e. The maximum absolute atomic E-state index is 12.4. The lowest BCUT2D eigenvalue weighted by atomic mass is 10.2. The minimum Gasteiger partial charge on any atom is -0.490 e. The highest BCUT2D eigenvalue weighted by atomic mass is 32.1. The molecule has 3 aromatic carbocycles. The van der Waals surface area contributed by atoms with E-state index in [0.717, 1.165) is 11.3 Å². The zero-order chi connectivity index (χ0) is 20.3. The van der Waals surface area contributed by atoms with Gasteiger partial charge in [0.25, 0.3) is 5.91 Å². The largest absolute Gasteiger partial charge is 0.490 e. The molecule has 0 heterocycles. The minimum atomic E-state index is -0.290. The molecule has 0 unspecified atom stereocenters. The summed E-state index contributed by atoms with van der Waals surface area (Å²) in [7, 11) is 0. The second-order valence-corrected chi connectivity index (χ2v) is 6.57. The van der Waals surface area contributed by atoms with Crippen molar-refractivity contribution < 1.29 is 14.3 Å². The summed E-state index contributed by atoms with van der Waals surface area (Å²) in [4.78, 5) is 12.4. The quantitative estimate of drug-likeness (QED) is 0.438. The second kappa shape index (κ2) is 10.8. The molecule has 0 aliphatic heterocycles. The molecule has 0 spiro atoms. The van der Waals surface area contributed by atoms with E-state index in [-0.39, 0.29) is 11.0 Å². The monoisotopic (exact) mass is 406 g/mol.